The summed E-state index contributed by atoms with van der Waals surface area (Å²) in [6.07, 6.45) is 0.925. The number of benzene rings is 2. The second-order valence-electron chi connectivity index (χ2n) is 6.05. The second kappa shape index (κ2) is 9.50. The maximum Gasteiger partial charge on any atom is 0.243 e. The van der Waals surface area contributed by atoms with Crippen molar-refractivity contribution in [1.82, 2.24) is 20.2 Å². The van der Waals surface area contributed by atoms with Crippen LogP contribution in [-0.4, -0.2) is 27.3 Å². The van der Waals surface area contributed by atoms with Crippen molar-refractivity contribution < 1.29 is 13.9 Å². The van der Waals surface area contributed by atoms with Crippen LogP contribution in [0.15, 0.2) is 40.9 Å². The highest BCUT2D eigenvalue weighted by atomic mass is 79.9. The van der Waals surface area contributed by atoms with Gasteiger partial charge in [0.2, 0.25) is 5.95 Å². The molecule has 0 radical (unpaired) electrons. The molecule has 0 bridgehead atoms. The molecule has 0 unspecified atom stereocenters. The van der Waals surface area contributed by atoms with Crippen molar-refractivity contribution in [2.75, 3.05) is 12.4 Å². The van der Waals surface area contributed by atoms with Crippen molar-refractivity contribution >= 4 is 21.9 Å². The Morgan fingerprint density at radius 2 is 1.96 bits per heavy atom. The van der Waals surface area contributed by atoms with Crippen molar-refractivity contribution in [3.8, 4) is 11.5 Å². The van der Waals surface area contributed by atoms with Crippen LogP contribution in [0.4, 0.5) is 10.3 Å². The van der Waals surface area contributed by atoms with Gasteiger partial charge in [-0.25, -0.2) is 9.07 Å². The first-order valence-electron chi connectivity index (χ1n) is 8.85. The number of hydrogen-bond acceptors (Lipinski definition) is 6. The molecule has 3 rings (SSSR count). The molecule has 9 heteroatoms. The number of tetrazole rings is 1. The summed E-state index contributed by atoms with van der Waals surface area (Å²) >= 11 is 3.58. The number of nitrogens with one attached hydrogen (secondary N) is 1. The zero-order valence-electron chi connectivity index (χ0n) is 15.7. The highest BCUT2D eigenvalue weighted by Gasteiger charge is 2.16. The Morgan fingerprint density at radius 1 is 1.18 bits per heavy atom. The van der Waals surface area contributed by atoms with E-state index >= 15 is 0 Å². The average Bonchev–Trinajstić information content (AvgIpc) is 3.14. The van der Waals surface area contributed by atoms with Crippen molar-refractivity contribution in [2.45, 2.75) is 33.0 Å². The lowest BCUT2D eigenvalue weighted by Crippen LogP contribution is -2.11. The molecular weight excluding hydrogens is 429 g/mol. The lowest BCUT2D eigenvalue weighted by Gasteiger charge is -2.17. The van der Waals surface area contributed by atoms with Crippen molar-refractivity contribution in [1.29, 1.82) is 0 Å². The zero-order valence-corrected chi connectivity index (χ0v) is 17.2. The molecule has 7 nitrogen and oxygen atoms in total. The Hall–Kier alpha value is -2.68. The molecule has 0 saturated carbocycles. The number of nitrogens with zero attached hydrogens (tertiary/aromatic N) is 4. The predicted octanol–water partition coefficient (Wildman–Crippen LogP) is 4.18. The molecule has 0 amide bonds. The van der Waals surface area contributed by atoms with Gasteiger partial charge < -0.3 is 14.8 Å². The Morgan fingerprint density at radius 3 is 2.68 bits per heavy atom. The van der Waals surface area contributed by atoms with Gasteiger partial charge in [0.05, 0.1) is 7.11 Å². The summed E-state index contributed by atoms with van der Waals surface area (Å²) in [4.78, 5) is 0. The normalized spacial score (nSPS) is 10.7. The summed E-state index contributed by atoms with van der Waals surface area (Å²) in [5.74, 6) is 1.51. The van der Waals surface area contributed by atoms with E-state index in [1.165, 1.54) is 12.1 Å². The van der Waals surface area contributed by atoms with E-state index in [0.717, 1.165) is 28.6 Å². The van der Waals surface area contributed by atoms with Gasteiger partial charge in [0.15, 0.2) is 11.5 Å². The minimum atomic E-state index is -0.279. The molecule has 3 aromatic rings. The van der Waals surface area contributed by atoms with Gasteiger partial charge in [-0.15, -0.1) is 0 Å². The SMILES string of the molecule is CCCn1nnnc1NCc1c(Br)ccc(OC)c1OCc1ccc(F)cc1. The van der Waals surface area contributed by atoms with Crippen molar-refractivity contribution in [2.24, 2.45) is 0 Å². The quantitative estimate of drug-likeness (QED) is 0.527. The predicted molar refractivity (Wildman–Crippen MR) is 107 cm³/mol. The fourth-order valence-electron chi connectivity index (χ4n) is 2.66. The van der Waals surface area contributed by atoms with Gasteiger partial charge >= 0.3 is 0 Å². The third kappa shape index (κ3) is 4.78. The molecule has 2 aromatic carbocycles. The van der Waals surface area contributed by atoms with Gasteiger partial charge in [0.25, 0.3) is 0 Å². The molecule has 0 aliphatic carbocycles. The number of aromatic nitrogens is 4. The summed E-state index contributed by atoms with van der Waals surface area (Å²) in [5, 5.41) is 15.0. The standard InChI is InChI=1S/C19H21BrFN5O2/c1-3-10-26-19(23-24-25-26)22-11-15-16(20)8-9-17(27-2)18(15)28-12-13-4-6-14(21)7-5-13/h4-9H,3,10-12H2,1-2H3,(H,22,23,25). The van der Waals surface area contributed by atoms with E-state index in [1.54, 1.807) is 23.9 Å². The van der Waals surface area contributed by atoms with Crippen LogP contribution in [0.2, 0.25) is 0 Å². The van der Waals surface area contributed by atoms with Gasteiger partial charge in [-0.3, -0.25) is 0 Å². The van der Waals surface area contributed by atoms with Gasteiger partial charge in [-0.2, -0.15) is 0 Å². The summed E-state index contributed by atoms with van der Waals surface area (Å²) in [5.41, 5.74) is 1.72. The average molecular weight is 450 g/mol. The highest BCUT2D eigenvalue weighted by molar-refractivity contribution is 9.10. The molecule has 0 atom stereocenters. The number of anilines is 1. The largest absolute Gasteiger partial charge is 0.493 e. The molecule has 0 saturated heterocycles. The van der Waals surface area contributed by atoms with Gasteiger partial charge in [0, 0.05) is 23.1 Å². The van der Waals surface area contributed by atoms with E-state index in [1.807, 2.05) is 12.1 Å². The van der Waals surface area contributed by atoms with Crippen LogP contribution in [0.1, 0.15) is 24.5 Å². The Bertz CT molecular complexity index is 917. The van der Waals surface area contributed by atoms with Crippen LogP contribution in [0, 0.1) is 5.82 Å². The molecule has 1 aromatic heterocycles. The van der Waals surface area contributed by atoms with Crippen LogP contribution in [0.3, 0.4) is 0 Å². The molecule has 1 N–H and O–H groups in total. The Balaban J connectivity index is 1.81. The highest BCUT2D eigenvalue weighted by Crippen LogP contribution is 2.37. The van der Waals surface area contributed by atoms with Crippen molar-refractivity contribution in [3.63, 3.8) is 0 Å². The third-order valence-electron chi connectivity index (χ3n) is 4.07. The molecule has 0 aliphatic heterocycles. The van der Waals surface area contributed by atoms with Gasteiger partial charge in [-0.1, -0.05) is 40.1 Å². The monoisotopic (exact) mass is 449 g/mol. The maximum atomic E-state index is 13.1. The number of ether oxygens (including phenoxy) is 2. The summed E-state index contributed by atoms with van der Waals surface area (Å²) in [7, 11) is 1.59. The van der Waals surface area contributed by atoms with Crippen molar-refractivity contribution in [3.05, 3.63) is 57.8 Å². The van der Waals surface area contributed by atoms with E-state index in [2.05, 4.69) is 43.7 Å². The number of rotatable bonds is 9. The third-order valence-corrected chi connectivity index (χ3v) is 4.82. The Kier molecular flexibility index (Phi) is 6.80. The summed E-state index contributed by atoms with van der Waals surface area (Å²) in [6.45, 7) is 3.50. The number of hydrogen-bond donors (Lipinski definition) is 1. The first-order valence-corrected chi connectivity index (χ1v) is 9.64. The van der Waals surface area contributed by atoms with Crippen LogP contribution in [0.5, 0.6) is 11.5 Å². The summed E-state index contributed by atoms with van der Waals surface area (Å²) in [6, 6.07) is 9.93. The molecule has 0 spiro atoms. The second-order valence-corrected chi connectivity index (χ2v) is 6.91. The lowest BCUT2D eigenvalue weighted by molar-refractivity contribution is 0.281. The molecule has 1 heterocycles. The van der Waals surface area contributed by atoms with Crippen LogP contribution in [-0.2, 0) is 19.7 Å². The lowest BCUT2D eigenvalue weighted by atomic mass is 10.1. The summed E-state index contributed by atoms with van der Waals surface area (Å²) < 4.78 is 27.2. The van der Waals surface area contributed by atoms with E-state index in [4.69, 9.17) is 9.47 Å². The molecule has 0 fully saturated rings. The maximum absolute atomic E-state index is 13.1. The number of halogens is 2. The minimum absolute atomic E-state index is 0.279. The Labute approximate surface area is 171 Å². The van der Waals surface area contributed by atoms with E-state index in [-0.39, 0.29) is 12.4 Å². The van der Waals surface area contributed by atoms with E-state index in [0.29, 0.717) is 24.0 Å². The number of aryl methyl sites for hydroxylation is 1. The first-order chi connectivity index (χ1) is 13.6. The molecule has 148 valence electrons. The number of methoxy groups -OCH3 is 1. The van der Waals surface area contributed by atoms with E-state index < -0.39 is 0 Å². The molecule has 0 aliphatic rings. The van der Waals surface area contributed by atoms with E-state index in [9.17, 15) is 4.39 Å². The van der Waals surface area contributed by atoms with Crippen LogP contribution in [0.25, 0.3) is 0 Å². The van der Waals surface area contributed by atoms with Gasteiger partial charge in [-0.05, 0) is 46.7 Å². The first kappa shape index (κ1) is 20.1. The minimum Gasteiger partial charge on any atom is -0.493 e. The topological polar surface area (TPSA) is 74.1 Å². The van der Waals surface area contributed by atoms with Crippen LogP contribution < -0.4 is 14.8 Å². The molecular formula is C19H21BrFN5O2. The van der Waals surface area contributed by atoms with Gasteiger partial charge in [0.1, 0.15) is 12.4 Å². The van der Waals surface area contributed by atoms with Crippen LogP contribution >= 0.6 is 15.9 Å². The fraction of sp³-hybridized carbons (Fsp3) is 0.316. The smallest absolute Gasteiger partial charge is 0.243 e. The zero-order chi connectivity index (χ0) is 19.9. The molecule has 28 heavy (non-hydrogen) atoms. The fourth-order valence-corrected chi connectivity index (χ4v) is 3.12.